The summed E-state index contributed by atoms with van der Waals surface area (Å²) < 4.78 is 0. The molecule has 1 amide bonds. The number of carbonyl (C=O) groups is 2. The molecule has 5 heteroatoms. The molecule has 2 rings (SSSR count). The van der Waals surface area contributed by atoms with E-state index in [0.29, 0.717) is 18.9 Å². The van der Waals surface area contributed by atoms with Gasteiger partial charge in [-0.05, 0) is 49.4 Å². The summed E-state index contributed by atoms with van der Waals surface area (Å²) in [5.41, 5.74) is -0.00758. The molecule has 0 spiro atoms. The van der Waals surface area contributed by atoms with Gasteiger partial charge in [0.15, 0.2) is 0 Å². The molecule has 2 aliphatic rings. The zero-order chi connectivity index (χ0) is 18.4. The summed E-state index contributed by atoms with van der Waals surface area (Å²) in [6.07, 6.45) is 6.46. The van der Waals surface area contributed by atoms with Crippen molar-refractivity contribution in [2.75, 3.05) is 32.7 Å². The maximum atomic E-state index is 12.6. The lowest BCUT2D eigenvalue weighted by Gasteiger charge is -2.40. The van der Waals surface area contributed by atoms with Crippen LogP contribution in [-0.4, -0.2) is 49.5 Å². The third-order valence-electron chi connectivity index (χ3n) is 5.78. The molecule has 25 heavy (non-hydrogen) atoms. The van der Waals surface area contributed by atoms with Crippen LogP contribution >= 0.6 is 0 Å². The van der Waals surface area contributed by atoms with Crippen LogP contribution in [0.5, 0.6) is 0 Å². The molecule has 2 heterocycles. The highest BCUT2D eigenvalue weighted by Crippen LogP contribution is 2.30. The van der Waals surface area contributed by atoms with E-state index in [1.165, 1.54) is 32.4 Å². The van der Waals surface area contributed by atoms with E-state index in [9.17, 15) is 14.7 Å². The van der Waals surface area contributed by atoms with Gasteiger partial charge in [-0.1, -0.05) is 20.8 Å². The molecule has 2 aliphatic heterocycles. The SMILES string of the molecule is CC(C)(C)CC(=O)N1CC[C@@H](CC(=O)[O-])[C@@H](CC[NH+]2CCCCC2)C1. The molecule has 0 unspecified atom stereocenters. The number of nitrogens with one attached hydrogen (secondary N) is 1. The second-order valence-corrected chi connectivity index (χ2v) is 9.31. The van der Waals surface area contributed by atoms with Crippen LogP contribution in [0.4, 0.5) is 0 Å². The van der Waals surface area contributed by atoms with Gasteiger partial charge in [-0.2, -0.15) is 0 Å². The standard InChI is InChI=1S/C20H36N2O3/c1-20(2,3)14-18(23)22-12-8-16(13-19(24)25)17(15-22)7-11-21-9-5-4-6-10-21/h16-17H,4-15H2,1-3H3,(H,24,25)/t16-,17-/m0/s1. The van der Waals surface area contributed by atoms with Gasteiger partial charge in [0.2, 0.25) is 5.91 Å². The van der Waals surface area contributed by atoms with Crippen LogP contribution in [0.25, 0.3) is 0 Å². The van der Waals surface area contributed by atoms with Crippen LogP contribution in [0.1, 0.15) is 65.7 Å². The molecular formula is C20H36N2O3. The van der Waals surface area contributed by atoms with Gasteiger partial charge in [0.1, 0.15) is 0 Å². The second-order valence-electron chi connectivity index (χ2n) is 9.31. The van der Waals surface area contributed by atoms with E-state index in [1.54, 1.807) is 4.90 Å². The fourth-order valence-electron chi connectivity index (χ4n) is 4.37. The van der Waals surface area contributed by atoms with Gasteiger partial charge >= 0.3 is 0 Å². The molecule has 0 radical (unpaired) electrons. The summed E-state index contributed by atoms with van der Waals surface area (Å²) >= 11 is 0. The minimum Gasteiger partial charge on any atom is -0.550 e. The third kappa shape index (κ3) is 6.96. The fraction of sp³-hybridized carbons (Fsp3) is 0.900. The van der Waals surface area contributed by atoms with Gasteiger partial charge < -0.3 is 19.7 Å². The van der Waals surface area contributed by atoms with E-state index in [-0.39, 0.29) is 23.7 Å². The number of rotatable bonds is 6. The average Bonchev–Trinajstić information content (AvgIpc) is 2.52. The van der Waals surface area contributed by atoms with Crippen molar-refractivity contribution in [3.63, 3.8) is 0 Å². The highest BCUT2D eigenvalue weighted by atomic mass is 16.4. The first-order valence-electron chi connectivity index (χ1n) is 10.1. The van der Waals surface area contributed by atoms with Crippen molar-refractivity contribution >= 4 is 11.9 Å². The van der Waals surface area contributed by atoms with Crippen molar-refractivity contribution in [1.29, 1.82) is 0 Å². The quantitative estimate of drug-likeness (QED) is 0.756. The third-order valence-corrected chi connectivity index (χ3v) is 5.78. The first-order valence-corrected chi connectivity index (χ1v) is 10.1. The number of aliphatic carboxylic acids is 1. The van der Waals surface area contributed by atoms with Crippen molar-refractivity contribution in [2.45, 2.75) is 65.7 Å². The van der Waals surface area contributed by atoms with E-state index in [0.717, 1.165) is 25.9 Å². The Morgan fingerprint density at radius 2 is 1.80 bits per heavy atom. The maximum absolute atomic E-state index is 12.6. The molecule has 1 N–H and O–H groups in total. The summed E-state index contributed by atoms with van der Waals surface area (Å²) in [6.45, 7) is 11.3. The Bertz CT molecular complexity index is 452. The van der Waals surface area contributed by atoms with Gasteiger partial charge in [-0.3, -0.25) is 4.79 Å². The fourth-order valence-corrected chi connectivity index (χ4v) is 4.37. The molecule has 5 nitrogen and oxygen atoms in total. The molecule has 2 saturated heterocycles. The van der Waals surface area contributed by atoms with E-state index in [2.05, 4.69) is 20.8 Å². The number of carboxylic acid groups (broad SMARTS) is 1. The summed E-state index contributed by atoms with van der Waals surface area (Å²) in [6, 6.07) is 0. The Balaban J connectivity index is 1.93. The molecule has 0 saturated carbocycles. The molecule has 0 bridgehead atoms. The summed E-state index contributed by atoms with van der Waals surface area (Å²) in [4.78, 5) is 27.3. The van der Waals surface area contributed by atoms with Crippen molar-refractivity contribution in [3.05, 3.63) is 0 Å². The van der Waals surface area contributed by atoms with Gasteiger partial charge in [0.25, 0.3) is 0 Å². The number of nitrogens with zero attached hydrogens (tertiary/aromatic N) is 1. The molecular weight excluding hydrogens is 316 g/mol. The lowest BCUT2D eigenvalue weighted by molar-refractivity contribution is -0.905. The second kappa shape index (κ2) is 9.02. The maximum Gasteiger partial charge on any atom is 0.223 e. The Hall–Kier alpha value is -1.10. The molecule has 0 aromatic heterocycles. The monoisotopic (exact) mass is 352 g/mol. The lowest BCUT2D eigenvalue weighted by atomic mass is 9.80. The average molecular weight is 353 g/mol. The van der Waals surface area contributed by atoms with E-state index < -0.39 is 5.97 Å². The Labute approximate surface area is 152 Å². The van der Waals surface area contributed by atoms with Crippen LogP contribution in [0.3, 0.4) is 0 Å². The molecule has 2 atom stereocenters. The predicted octanol–water partition coefficient (Wildman–Crippen LogP) is 0.486. The number of likely N-dealkylation sites (tertiary alicyclic amines) is 2. The zero-order valence-corrected chi connectivity index (χ0v) is 16.3. The molecule has 144 valence electrons. The van der Waals surface area contributed by atoms with Crippen LogP contribution in [-0.2, 0) is 9.59 Å². The minimum absolute atomic E-state index is 0.00758. The first kappa shape index (κ1) is 20.2. The van der Waals surface area contributed by atoms with Crippen molar-refractivity contribution in [1.82, 2.24) is 4.90 Å². The summed E-state index contributed by atoms with van der Waals surface area (Å²) in [5, 5.41) is 11.1. The Morgan fingerprint density at radius 1 is 1.12 bits per heavy atom. The number of quaternary nitrogens is 1. The van der Waals surface area contributed by atoms with E-state index in [4.69, 9.17) is 0 Å². The van der Waals surface area contributed by atoms with Crippen LogP contribution in [0, 0.1) is 17.3 Å². The molecule has 2 fully saturated rings. The smallest absolute Gasteiger partial charge is 0.223 e. The predicted molar refractivity (Wildman–Crippen MR) is 95.9 cm³/mol. The number of hydrogen-bond donors (Lipinski definition) is 1. The van der Waals surface area contributed by atoms with Gasteiger partial charge in [-0.25, -0.2) is 0 Å². The largest absolute Gasteiger partial charge is 0.550 e. The lowest BCUT2D eigenvalue weighted by Crippen LogP contribution is -3.12. The molecule has 0 aliphatic carbocycles. The van der Waals surface area contributed by atoms with Gasteiger partial charge in [0.05, 0.1) is 19.6 Å². The highest BCUT2D eigenvalue weighted by Gasteiger charge is 2.33. The molecule has 0 aromatic rings. The van der Waals surface area contributed by atoms with Crippen LogP contribution in [0.2, 0.25) is 0 Å². The van der Waals surface area contributed by atoms with Gasteiger partial charge in [0, 0.05) is 31.9 Å². The number of hydrogen-bond acceptors (Lipinski definition) is 3. The zero-order valence-electron chi connectivity index (χ0n) is 16.3. The Morgan fingerprint density at radius 3 is 2.40 bits per heavy atom. The topological polar surface area (TPSA) is 64.9 Å². The number of carbonyl (C=O) groups excluding carboxylic acids is 2. The number of amides is 1. The van der Waals surface area contributed by atoms with E-state index in [1.807, 2.05) is 4.90 Å². The van der Waals surface area contributed by atoms with Crippen molar-refractivity contribution < 1.29 is 19.6 Å². The van der Waals surface area contributed by atoms with Crippen LogP contribution in [0.15, 0.2) is 0 Å². The minimum atomic E-state index is -0.949. The van der Waals surface area contributed by atoms with Gasteiger partial charge in [-0.15, -0.1) is 0 Å². The first-order chi connectivity index (χ1) is 11.7. The highest BCUT2D eigenvalue weighted by molar-refractivity contribution is 5.77. The summed E-state index contributed by atoms with van der Waals surface area (Å²) in [5.74, 6) is -0.276. The van der Waals surface area contributed by atoms with Crippen molar-refractivity contribution in [3.8, 4) is 0 Å². The number of piperidine rings is 2. The molecule has 0 aromatic carbocycles. The Kier molecular flexibility index (Phi) is 7.29. The number of carboxylic acids is 1. The van der Waals surface area contributed by atoms with Crippen LogP contribution < -0.4 is 10.0 Å². The normalized spacial score (nSPS) is 25.8. The van der Waals surface area contributed by atoms with E-state index >= 15 is 0 Å². The van der Waals surface area contributed by atoms with Crippen molar-refractivity contribution in [2.24, 2.45) is 17.3 Å². The summed E-state index contributed by atoms with van der Waals surface area (Å²) in [7, 11) is 0.